The van der Waals surface area contributed by atoms with Crippen molar-refractivity contribution in [3.8, 4) is 10.6 Å². The van der Waals surface area contributed by atoms with Crippen LogP contribution in [0.15, 0.2) is 46.7 Å². The summed E-state index contributed by atoms with van der Waals surface area (Å²) in [6, 6.07) is 9.36. The summed E-state index contributed by atoms with van der Waals surface area (Å²) < 4.78 is 26.9. The zero-order valence-corrected chi connectivity index (χ0v) is 18.5. The van der Waals surface area contributed by atoms with Gasteiger partial charge in [0.05, 0.1) is 19.8 Å². The number of hydrogen-bond donors (Lipinski definition) is 1. The fourth-order valence-corrected chi connectivity index (χ4v) is 5.44. The largest absolute Gasteiger partial charge is 0.298 e. The Bertz CT molecular complexity index is 1090. The van der Waals surface area contributed by atoms with Crippen LogP contribution in [0.3, 0.4) is 0 Å². The number of aromatic nitrogens is 1. The van der Waals surface area contributed by atoms with E-state index in [0.717, 1.165) is 10.6 Å². The fourth-order valence-electron chi connectivity index (χ4n) is 2.29. The van der Waals surface area contributed by atoms with E-state index in [1.54, 1.807) is 19.9 Å². The number of nitrogens with zero attached hydrogens (tertiary/aromatic N) is 2. The Labute approximate surface area is 176 Å². The Kier molecular flexibility index (Phi) is 6.21. The van der Waals surface area contributed by atoms with Crippen molar-refractivity contribution in [2.75, 3.05) is 12.4 Å². The van der Waals surface area contributed by atoms with Crippen molar-refractivity contribution in [2.45, 2.75) is 24.8 Å². The normalized spacial score (nSPS) is 11.9. The van der Waals surface area contributed by atoms with Gasteiger partial charge in [-0.05, 0) is 50.2 Å². The molecule has 0 radical (unpaired) electrons. The van der Waals surface area contributed by atoms with Gasteiger partial charge in [-0.25, -0.2) is 13.4 Å². The molecule has 3 aromatic rings. The van der Waals surface area contributed by atoms with Crippen molar-refractivity contribution >= 4 is 55.3 Å². The highest BCUT2D eigenvalue weighted by Crippen LogP contribution is 2.33. The SMILES string of the molecule is CC(C)N(C)S(=O)(=O)c1ccc(C(=O)Nc2nc(-c3ccc(Cl)s3)cs2)cc1. The van der Waals surface area contributed by atoms with Crippen LogP contribution in [-0.4, -0.2) is 36.7 Å². The molecule has 0 saturated carbocycles. The lowest BCUT2D eigenvalue weighted by atomic mass is 10.2. The second kappa shape index (κ2) is 8.30. The van der Waals surface area contributed by atoms with Crippen molar-refractivity contribution in [1.29, 1.82) is 0 Å². The van der Waals surface area contributed by atoms with Crippen molar-refractivity contribution in [2.24, 2.45) is 0 Å². The van der Waals surface area contributed by atoms with Crippen LogP contribution in [-0.2, 0) is 10.0 Å². The number of halogens is 1. The van der Waals surface area contributed by atoms with E-state index < -0.39 is 10.0 Å². The number of thiazole rings is 1. The first-order chi connectivity index (χ1) is 13.2. The number of carbonyl (C=O) groups excluding carboxylic acids is 1. The van der Waals surface area contributed by atoms with Crippen LogP contribution in [0.5, 0.6) is 0 Å². The van der Waals surface area contributed by atoms with Gasteiger partial charge in [0.15, 0.2) is 5.13 Å². The van der Waals surface area contributed by atoms with Crippen molar-refractivity contribution in [3.05, 3.63) is 51.7 Å². The van der Waals surface area contributed by atoms with E-state index in [4.69, 9.17) is 11.6 Å². The van der Waals surface area contributed by atoms with E-state index in [2.05, 4.69) is 10.3 Å². The molecule has 10 heteroatoms. The van der Waals surface area contributed by atoms with Gasteiger partial charge < -0.3 is 0 Å². The number of nitrogens with one attached hydrogen (secondary N) is 1. The standard InChI is InChI=1S/C18H18ClN3O3S3/c1-11(2)22(3)28(24,25)13-6-4-12(5-7-13)17(23)21-18-20-14(10-26-18)15-8-9-16(19)27-15/h4-11H,1-3H3,(H,20,21,23). The number of amides is 1. The molecule has 0 bridgehead atoms. The second-order valence-electron chi connectivity index (χ2n) is 6.24. The fraction of sp³-hybridized carbons (Fsp3) is 0.222. The van der Waals surface area contributed by atoms with Gasteiger partial charge in [-0.15, -0.1) is 22.7 Å². The number of carbonyl (C=O) groups is 1. The highest BCUT2D eigenvalue weighted by atomic mass is 35.5. The molecule has 0 aliphatic heterocycles. The molecule has 1 aromatic carbocycles. The second-order valence-corrected chi connectivity index (χ2v) is 10.8. The molecule has 1 amide bonds. The molecule has 28 heavy (non-hydrogen) atoms. The lowest BCUT2D eigenvalue weighted by molar-refractivity contribution is 0.102. The third-order valence-corrected chi connectivity index (χ3v) is 8.13. The van der Waals surface area contributed by atoms with Crippen LogP contribution in [0.4, 0.5) is 5.13 Å². The molecular weight excluding hydrogens is 438 g/mol. The summed E-state index contributed by atoms with van der Waals surface area (Å²) in [5.74, 6) is -0.355. The molecule has 0 fully saturated rings. The molecule has 3 rings (SSSR count). The first kappa shape index (κ1) is 20.9. The first-order valence-electron chi connectivity index (χ1n) is 8.29. The van der Waals surface area contributed by atoms with E-state index in [9.17, 15) is 13.2 Å². The lowest BCUT2D eigenvalue weighted by Gasteiger charge is -2.20. The highest BCUT2D eigenvalue weighted by Gasteiger charge is 2.23. The molecule has 6 nitrogen and oxygen atoms in total. The van der Waals surface area contributed by atoms with Gasteiger partial charge in [-0.1, -0.05) is 11.6 Å². The predicted octanol–water partition coefficient (Wildman–Crippen LogP) is 4.81. The van der Waals surface area contributed by atoms with Crippen LogP contribution in [0.25, 0.3) is 10.6 Å². The summed E-state index contributed by atoms with van der Waals surface area (Å²) in [7, 11) is -2.05. The Hall–Kier alpha value is -1.78. The topological polar surface area (TPSA) is 79.4 Å². The van der Waals surface area contributed by atoms with E-state index in [1.807, 2.05) is 11.4 Å². The van der Waals surface area contributed by atoms with Crippen LogP contribution in [0.1, 0.15) is 24.2 Å². The molecule has 0 atom stereocenters. The summed E-state index contributed by atoms with van der Waals surface area (Å²) in [4.78, 5) is 17.9. The lowest BCUT2D eigenvalue weighted by Crippen LogP contribution is -2.33. The molecule has 2 aromatic heterocycles. The van der Waals surface area contributed by atoms with Crippen LogP contribution in [0, 0.1) is 0 Å². The number of hydrogen-bond acceptors (Lipinski definition) is 6. The summed E-state index contributed by atoms with van der Waals surface area (Å²) in [6.07, 6.45) is 0. The van der Waals surface area contributed by atoms with Gasteiger partial charge in [-0.3, -0.25) is 10.1 Å². The molecule has 0 aliphatic carbocycles. The monoisotopic (exact) mass is 455 g/mol. The molecule has 1 N–H and O–H groups in total. The van der Waals surface area contributed by atoms with Gasteiger partial charge in [0.1, 0.15) is 0 Å². The number of thiophene rings is 1. The molecule has 0 saturated heterocycles. The van der Waals surface area contributed by atoms with Crippen molar-refractivity contribution in [3.63, 3.8) is 0 Å². The van der Waals surface area contributed by atoms with Crippen molar-refractivity contribution < 1.29 is 13.2 Å². The Morgan fingerprint density at radius 2 is 1.86 bits per heavy atom. The first-order valence-corrected chi connectivity index (χ1v) is 11.8. The zero-order valence-electron chi connectivity index (χ0n) is 15.3. The number of rotatable bonds is 6. The maximum Gasteiger partial charge on any atom is 0.257 e. The van der Waals surface area contributed by atoms with Crippen LogP contribution >= 0.6 is 34.3 Å². The van der Waals surface area contributed by atoms with Gasteiger partial charge in [-0.2, -0.15) is 4.31 Å². The molecule has 0 spiro atoms. The summed E-state index contributed by atoms with van der Waals surface area (Å²) >= 11 is 8.66. The number of benzene rings is 1. The van der Waals surface area contributed by atoms with Gasteiger partial charge in [0.2, 0.25) is 10.0 Å². The Morgan fingerprint density at radius 3 is 2.43 bits per heavy atom. The van der Waals surface area contributed by atoms with Gasteiger partial charge in [0, 0.05) is 24.0 Å². The highest BCUT2D eigenvalue weighted by molar-refractivity contribution is 7.89. The summed E-state index contributed by atoms with van der Waals surface area (Å²) in [5.41, 5.74) is 1.09. The van der Waals surface area contributed by atoms with Crippen LogP contribution in [0.2, 0.25) is 4.34 Å². The maximum atomic E-state index is 12.5. The average Bonchev–Trinajstić information content (AvgIpc) is 3.29. The average molecular weight is 456 g/mol. The zero-order chi connectivity index (χ0) is 20.5. The molecular formula is C18H18ClN3O3S3. The predicted molar refractivity (Wildman–Crippen MR) is 115 cm³/mol. The van der Waals surface area contributed by atoms with Gasteiger partial charge in [0.25, 0.3) is 5.91 Å². The van der Waals surface area contributed by atoms with E-state index in [-0.39, 0.29) is 16.8 Å². The molecule has 0 unspecified atom stereocenters. The minimum Gasteiger partial charge on any atom is -0.298 e. The van der Waals surface area contributed by atoms with E-state index in [0.29, 0.717) is 15.0 Å². The van der Waals surface area contributed by atoms with Crippen LogP contribution < -0.4 is 5.32 Å². The van der Waals surface area contributed by atoms with E-state index >= 15 is 0 Å². The third-order valence-electron chi connectivity index (χ3n) is 4.07. The van der Waals surface area contributed by atoms with Crippen molar-refractivity contribution in [1.82, 2.24) is 9.29 Å². The minimum absolute atomic E-state index is 0.145. The van der Waals surface area contributed by atoms with Gasteiger partial charge >= 0.3 is 0 Å². The quantitative estimate of drug-likeness (QED) is 0.578. The molecule has 2 heterocycles. The Balaban J connectivity index is 1.73. The minimum atomic E-state index is -3.58. The number of sulfonamides is 1. The maximum absolute atomic E-state index is 12.5. The third kappa shape index (κ3) is 4.44. The summed E-state index contributed by atoms with van der Waals surface area (Å²) in [6.45, 7) is 3.59. The number of anilines is 1. The molecule has 0 aliphatic rings. The smallest absolute Gasteiger partial charge is 0.257 e. The van der Waals surface area contributed by atoms with E-state index in [1.165, 1.54) is 58.3 Å². The molecule has 148 valence electrons. The Morgan fingerprint density at radius 1 is 1.18 bits per heavy atom. The summed E-state index contributed by atoms with van der Waals surface area (Å²) in [5, 5.41) is 5.04.